The van der Waals surface area contributed by atoms with E-state index in [9.17, 15) is 4.79 Å². The lowest BCUT2D eigenvalue weighted by Crippen LogP contribution is -2.37. The number of nitrogens with zero attached hydrogens (tertiary/aromatic N) is 2. The highest BCUT2D eigenvalue weighted by Gasteiger charge is 2.25. The highest BCUT2D eigenvalue weighted by Crippen LogP contribution is 2.25. The average molecular weight is 208 g/mol. The summed E-state index contributed by atoms with van der Waals surface area (Å²) in [7, 11) is 0. The van der Waals surface area contributed by atoms with Crippen LogP contribution in [0.3, 0.4) is 0 Å². The van der Waals surface area contributed by atoms with Gasteiger partial charge < -0.3 is 4.90 Å². The molecule has 0 aliphatic heterocycles. The van der Waals surface area contributed by atoms with E-state index in [2.05, 4.69) is 6.07 Å². The molecule has 1 aliphatic carbocycles. The molecule has 3 nitrogen and oxygen atoms in total. The molecule has 0 bridgehead atoms. The van der Waals surface area contributed by atoms with Crippen molar-refractivity contribution in [1.82, 2.24) is 4.90 Å². The van der Waals surface area contributed by atoms with Gasteiger partial charge in [-0.2, -0.15) is 5.26 Å². The van der Waals surface area contributed by atoms with Gasteiger partial charge in [0.05, 0.1) is 6.07 Å². The van der Waals surface area contributed by atoms with Gasteiger partial charge in [-0.05, 0) is 19.3 Å². The molecule has 0 spiro atoms. The lowest BCUT2D eigenvalue weighted by Gasteiger charge is -2.27. The minimum absolute atomic E-state index is 0.193. The summed E-state index contributed by atoms with van der Waals surface area (Å²) in [5.74, 6) is 0.400. The number of rotatable bonds is 4. The third-order valence-electron chi connectivity index (χ3n) is 3.02. The van der Waals surface area contributed by atoms with Gasteiger partial charge >= 0.3 is 0 Å². The summed E-state index contributed by atoms with van der Waals surface area (Å²) < 4.78 is 0. The topological polar surface area (TPSA) is 44.1 Å². The van der Waals surface area contributed by atoms with Crippen LogP contribution in [-0.2, 0) is 4.79 Å². The predicted molar refractivity (Wildman–Crippen MR) is 59.1 cm³/mol. The Bertz CT molecular complexity index is 238. The first kappa shape index (κ1) is 12.0. The molecule has 0 aromatic rings. The summed E-state index contributed by atoms with van der Waals surface area (Å²) in [6, 6.07) is 2.08. The quantitative estimate of drug-likeness (QED) is 0.665. The van der Waals surface area contributed by atoms with Gasteiger partial charge in [0.1, 0.15) is 6.54 Å². The van der Waals surface area contributed by atoms with E-state index < -0.39 is 0 Å². The van der Waals surface area contributed by atoms with E-state index in [1.54, 1.807) is 4.90 Å². The van der Waals surface area contributed by atoms with Crippen molar-refractivity contribution < 1.29 is 4.79 Å². The molecule has 0 unspecified atom stereocenters. The molecule has 0 heterocycles. The zero-order chi connectivity index (χ0) is 11.1. The highest BCUT2D eigenvalue weighted by molar-refractivity contribution is 5.79. The Kier molecular flexibility index (Phi) is 5.17. The van der Waals surface area contributed by atoms with Crippen LogP contribution < -0.4 is 0 Å². The lowest BCUT2D eigenvalue weighted by molar-refractivity contribution is -0.136. The first-order valence-corrected chi connectivity index (χ1v) is 5.95. The van der Waals surface area contributed by atoms with Gasteiger partial charge in [0.15, 0.2) is 0 Å². The summed E-state index contributed by atoms with van der Waals surface area (Å²) in [6.07, 6.45) is 6.57. The molecule has 1 amide bonds. The Morgan fingerprint density at radius 1 is 1.40 bits per heavy atom. The van der Waals surface area contributed by atoms with Gasteiger partial charge in [0.25, 0.3) is 0 Å². The standard InChI is InChI=1S/C12H20N2O/c1-2-9-14(10-8-13)12(15)11-6-4-3-5-7-11/h11H,2-7,9-10H2,1H3. The van der Waals surface area contributed by atoms with Crippen LogP contribution in [0.4, 0.5) is 0 Å². The van der Waals surface area contributed by atoms with Crippen molar-refractivity contribution in [1.29, 1.82) is 5.26 Å². The molecule has 1 saturated carbocycles. The first-order chi connectivity index (χ1) is 7.29. The van der Waals surface area contributed by atoms with E-state index in [-0.39, 0.29) is 18.4 Å². The maximum atomic E-state index is 12.1. The zero-order valence-corrected chi connectivity index (χ0v) is 9.54. The number of carbonyl (C=O) groups excluding carboxylic acids is 1. The number of amides is 1. The van der Waals surface area contributed by atoms with E-state index in [1.807, 2.05) is 6.92 Å². The Hall–Kier alpha value is -1.04. The third kappa shape index (κ3) is 3.54. The molecule has 15 heavy (non-hydrogen) atoms. The summed E-state index contributed by atoms with van der Waals surface area (Å²) in [6.45, 7) is 3.02. The van der Waals surface area contributed by atoms with E-state index in [4.69, 9.17) is 5.26 Å². The summed E-state index contributed by atoms with van der Waals surface area (Å²) in [5, 5.41) is 8.67. The van der Waals surface area contributed by atoms with Crippen molar-refractivity contribution in [3.63, 3.8) is 0 Å². The minimum Gasteiger partial charge on any atom is -0.329 e. The van der Waals surface area contributed by atoms with Gasteiger partial charge in [-0.3, -0.25) is 4.79 Å². The van der Waals surface area contributed by atoms with Crippen molar-refractivity contribution >= 4 is 5.91 Å². The molecule has 0 N–H and O–H groups in total. The van der Waals surface area contributed by atoms with Crippen LogP contribution in [0.2, 0.25) is 0 Å². The molecule has 0 aromatic carbocycles. The van der Waals surface area contributed by atoms with Crippen LogP contribution in [0, 0.1) is 17.2 Å². The Balaban J connectivity index is 2.50. The second-order valence-corrected chi connectivity index (χ2v) is 4.25. The molecule has 1 aliphatic rings. The van der Waals surface area contributed by atoms with Crippen molar-refractivity contribution in [2.75, 3.05) is 13.1 Å². The predicted octanol–water partition coefficient (Wildman–Crippen LogP) is 2.33. The smallest absolute Gasteiger partial charge is 0.226 e. The van der Waals surface area contributed by atoms with Crippen LogP contribution in [0.1, 0.15) is 45.4 Å². The Labute approximate surface area is 92.1 Å². The van der Waals surface area contributed by atoms with Crippen molar-refractivity contribution in [3.05, 3.63) is 0 Å². The number of carbonyl (C=O) groups is 1. The molecule has 1 rings (SSSR count). The maximum Gasteiger partial charge on any atom is 0.226 e. The summed E-state index contributed by atoms with van der Waals surface area (Å²) in [5.41, 5.74) is 0. The maximum absolute atomic E-state index is 12.1. The second-order valence-electron chi connectivity index (χ2n) is 4.25. The normalized spacial score (nSPS) is 17.1. The largest absolute Gasteiger partial charge is 0.329 e. The summed E-state index contributed by atoms with van der Waals surface area (Å²) in [4.78, 5) is 13.8. The first-order valence-electron chi connectivity index (χ1n) is 5.95. The monoisotopic (exact) mass is 208 g/mol. The van der Waals surface area contributed by atoms with Gasteiger partial charge in [-0.1, -0.05) is 26.2 Å². The van der Waals surface area contributed by atoms with Crippen LogP contribution in [0.5, 0.6) is 0 Å². The highest BCUT2D eigenvalue weighted by atomic mass is 16.2. The van der Waals surface area contributed by atoms with Gasteiger partial charge in [0, 0.05) is 12.5 Å². The van der Waals surface area contributed by atoms with Gasteiger partial charge in [0.2, 0.25) is 5.91 Å². The number of hydrogen-bond acceptors (Lipinski definition) is 2. The van der Waals surface area contributed by atoms with Crippen molar-refractivity contribution in [2.24, 2.45) is 5.92 Å². The molecule has 0 radical (unpaired) electrons. The van der Waals surface area contributed by atoms with Crippen molar-refractivity contribution in [3.8, 4) is 6.07 Å². The van der Waals surface area contributed by atoms with E-state index in [0.29, 0.717) is 0 Å². The minimum atomic E-state index is 0.193. The molecular weight excluding hydrogens is 188 g/mol. The van der Waals surface area contributed by atoms with Crippen LogP contribution >= 0.6 is 0 Å². The van der Waals surface area contributed by atoms with Gasteiger partial charge in [-0.15, -0.1) is 0 Å². The number of hydrogen-bond donors (Lipinski definition) is 0. The van der Waals surface area contributed by atoms with Gasteiger partial charge in [-0.25, -0.2) is 0 Å². The van der Waals surface area contributed by atoms with Crippen LogP contribution in [0.25, 0.3) is 0 Å². The molecular formula is C12H20N2O. The SMILES string of the molecule is CCCN(CC#N)C(=O)C1CCCCC1. The van der Waals surface area contributed by atoms with Crippen LogP contribution in [0.15, 0.2) is 0 Å². The second kappa shape index (κ2) is 6.44. The Morgan fingerprint density at radius 3 is 2.60 bits per heavy atom. The molecule has 0 aromatic heterocycles. The fraction of sp³-hybridized carbons (Fsp3) is 0.833. The van der Waals surface area contributed by atoms with E-state index in [1.165, 1.54) is 19.3 Å². The summed E-state index contributed by atoms with van der Waals surface area (Å²) >= 11 is 0. The van der Waals surface area contributed by atoms with E-state index >= 15 is 0 Å². The fourth-order valence-electron chi connectivity index (χ4n) is 2.23. The molecule has 3 heteroatoms. The lowest BCUT2D eigenvalue weighted by atomic mass is 9.88. The Morgan fingerprint density at radius 2 is 2.07 bits per heavy atom. The third-order valence-corrected chi connectivity index (χ3v) is 3.02. The molecule has 84 valence electrons. The molecule has 1 fully saturated rings. The van der Waals surface area contributed by atoms with Crippen LogP contribution in [-0.4, -0.2) is 23.9 Å². The van der Waals surface area contributed by atoms with E-state index in [0.717, 1.165) is 25.8 Å². The molecule has 0 atom stereocenters. The zero-order valence-electron chi connectivity index (χ0n) is 9.54. The number of nitriles is 1. The average Bonchev–Trinajstić information content (AvgIpc) is 2.29. The fourth-order valence-corrected chi connectivity index (χ4v) is 2.23. The van der Waals surface area contributed by atoms with Crippen molar-refractivity contribution in [2.45, 2.75) is 45.4 Å². The molecule has 0 saturated heterocycles.